The van der Waals surface area contributed by atoms with E-state index in [4.69, 9.17) is 0 Å². The van der Waals surface area contributed by atoms with Gasteiger partial charge in [-0.25, -0.2) is 13.2 Å². The third kappa shape index (κ3) is 3.22. The first kappa shape index (κ1) is 12.4. The maximum atomic E-state index is 13.3. The van der Waals surface area contributed by atoms with E-state index in [2.05, 4.69) is 12.2 Å². The van der Waals surface area contributed by atoms with Crippen LogP contribution in [0.15, 0.2) is 12.1 Å². The van der Waals surface area contributed by atoms with Gasteiger partial charge in [0.15, 0.2) is 11.6 Å². The van der Waals surface area contributed by atoms with Gasteiger partial charge in [-0.2, -0.15) is 0 Å². The van der Waals surface area contributed by atoms with Gasteiger partial charge in [0.2, 0.25) is 0 Å². The van der Waals surface area contributed by atoms with Crippen LogP contribution in [0.2, 0.25) is 0 Å². The molecular formula is C13H16F3N. The van der Waals surface area contributed by atoms with Crippen molar-refractivity contribution in [1.82, 2.24) is 5.32 Å². The first-order chi connectivity index (χ1) is 8.08. The van der Waals surface area contributed by atoms with E-state index >= 15 is 0 Å². The number of halogens is 3. The van der Waals surface area contributed by atoms with E-state index in [9.17, 15) is 13.2 Å². The number of rotatable bonds is 5. The lowest BCUT2D eigenvalue weighted by molar-refractivity contribution is 0.452. The van der Waals surface area contributed by atoms with Crippen LogP contribution in [0, 0.1) is 29.3 Å². The number of benzene rings is 1. The summed E-state index contributed by atoms with van der Waals surface area (Å²) in [4.78, 5) is 0. The van der Waals surface area contributed by atoms with Crippen molar-refractivity contribution in [2.45, 2.75) is 26.3 Å². The monoisotopic (exact) mass is 243 g/mol. The Bertz CT molecular complexity index is 402. The van der Waals surface area contributed by atoms with E-state index in [0.29, 0.717) is 12.0 Å². The van der Waals surface area contributed by atoms with Crippen molar-refractivity contribution in [2.24, 2.45) is 11.8 Å². The SMILES string of the molecule is CC(CNCc1cc(F)c(F)cc1F)C1CC1. The lowest BCUT2D eigenvalue weighted by atomic mass is 10.1. The predicted molar refractivity (Wildman–Crippen MR) is 59.9 cm³/mol. The molecule has 0 aromatic heterocycles. The van der Waals surface area contributed by atoms with E-state index in [-0.39, 0.29) is 12.1 Å². The van der Waals surface area contributed by atoms with Crippen LogP contribution in [0.3, 0.4) is 0 Å². The van der Waals surface area contributed by atoms with Gasteiger partial charge in [-0.15, -0.1) is 0 Å². The number of hydrogen-bond acceptors (Lipinski definition) is 1. The molecule has 1 saturated carbocycles. The van der Waals surface area contributed by atoms with Crippen LogP contribution >= 0.6 is 0 Å². The van der Waals surface area contributed by atoms with E-state index in [0.717, 1.165) is 18.5 Å². The van der Waals surface area contributed by atoms with Crippen molar-refractivity contribution in [3.8, 4) is 0 Å². The first-order valence-corrected chi connectivity index (χ1v) is 5.92. The van der Waals surface area contributed by atoms with Gasteiger partial charge in [0.1, 0.15) is 5.82 Å². The van der Waals surface area contributed by atoms with E-state index in [1.807, 2.05) is 0 Å². The zero-order chi connectivity index (χ0) is 12.4. The van der Waals surface area contributed by atoms with Crippen molar-refractivity contribution in [1.29, 1.82) is 0 Å². The molecule has 1 aromatic rings. The van der Waals surface area contributed by atoms with Gasteiger partial charge in [-0.3, -0.25) is 0 Å². The quantitative estimate of drug-likeness (QED) is 0.783. The third-order valence-electron chi connectivity index (χ3n) is 3.30. The average Bonchev–Trinajstić information content (AvgIpc) is 3.09. The van der Waals surface area contributed by atoms with Gasteiger partial charge in [-0.05, 0) is 37.3 Å². The Kier molecular flexibility index (Phi) is 3.72. The Morgan fingerprint density at radius 2 is 1.82 bits per heavy atom. The second-order valence-corrected chi connectivity index (χ2v) is 4.80. The molecule has 0 heterocycles. The summed E-state index contributed by atoms with van der Waals surface area (Å²) in [5.74, 6) is -1.51. The number of nitrogens with one attached hydrogen (secondary N) is 1. The molecule has 1 fully saturated rings. The van der Waals surface area contributed by atoms with Crippen LogP contribution in [0.1, 0.15) is 25.3 Å². The third-order valence-corrected chi connectivity index (χ3v) is 3.30. The van der Waals surface area contributed by atoms with Crippen molar-refractivity contribution in [3.05, 3.63) is 35.1 Å². The summed E-state index contributed by atoms with van der Waals surface area (Å²) in [5, 5.41) is 3.08. The Labute approximate surface area is 99.0 Å². The van der Waals surface area contributed by atoms with E-state index in [1.165, 1.54) is 12.8 Å². The van der Waals surface area contributed by atoms with Crippen molar-refractivity contribution >= 4 is 0 Å². The molecule has 2 rings (SSSR count). The number of hydrogen-bond donors (Lipinski definition) is 1. The Balaban J connectivity index is 1.87. The van der Waals surface area contributed by atoms with Crippen LogP contribution in [0.5, 0.6) is 0 Å². The fraction of sp³-hybridized carbons (Fsp3) is 0.538. The Morgan fingerprint density at radius 3 is 2.47 bits per heavy atom. The first-order valence-electron chi connectivity index (χ1n) is 5.92. The van der Waals surface area contributed by atoms with Gasteiger partial charge in [0.05, 0.1) is 0 Å². The van der Waals surface area contributed by atoms with E-state index in [1.54, 1.807) is 0 Å². The molecule has 0 spiro atoms. The molecule has 0 amide bonds. The van der Waals surface area contributed by atoms with Crippen molar-refractivity contribution in [3.63, 3.8) is 0 Å². The second kappa shape index (κ2) is 5.08. The lowest BCUT2D eigenvalue weighted by Crippen LogP contribution is -2.22. The summed E-state index contributed by atoms with van der Waals surface area (Å²) in [5.41, 5.74) is 0.173. The second-order valence-electron chi connectivity index (χ2n) is 4.80. The highest BCUT2D eigenvalue weighted by Crippen LogP contribution is 2.36. The van der Waals surface area contributed by atoms with Gasteiger partial charge in [0, 0.05) is 18.2 Å². The normalized spacial score (nSPS) is 17.2. The molecule has 0 radical (unpaired) electrons. The minimum absolute atomic E-state index is 0.173. The smallest absolute Gasteiger partial charge is 0.161 e. The molecule has 0 saturated heterocycles. The molecule has 4 heteroatoms. The van der Waals surface area contributed by atoms with Crippen molar-refractivity contribution in [2.75, 3.05) is 6.54 Å². The molecular weight excluding hydrogens is 227 g/mol. The summed E-state index contributed by atoms with van der Waals surface area (Å²) in [6.45, 7) is 3.16. The van der Waals surface area contributed by atoms with Crippen LogP contribution in [0.4, 0.5) is 13.2 Å². The topological polar surface area (TPSA) is 12.0 Å². The Morgan fingerprint density at radius 1 is 1.18 bits per heavy atom. The maximum absolute atomic E-state index is 13.3. The summed E-state index contributed by atoms with van der Waals surface area (Å²) in [7, 11) is 0. The van der Waals surface area contributed by atoms with Gasteiger partial charge < -0.3 is 5.32 Å². The van der Waals surface area contributed by atoms with Gasteiger partial charge in [0.25, 0.3) is 0 Å². The highest BCUT2D eigenvalue weighted by Gasteiger charge is 2.27. The molecule has 94 valence electrons. The van der Waals surface area contributed by atoms with Crippen LogP contribution < -0.4 is 5.32 Å². The summed E-state index contributed by atoms with van der Waals surface area (Å²) >= 11 is 0. The fourth-order valence-corrected chi connectivity index (χ4v) is 1.97. The Hall–Kier alpha value is -1.03. The highest BCUT2D eigenvalue weighted by atomic mass is 19.2. The summed E-state index contributed by atoms with van der Waals surface area (Å²) < 4.78 is 38.9. The lowest BCUT2D eigenvalue weighted by Gasteiger charge is -2.11. The minimum atomic E-state index is -1.14. The fourth-order valence-electron chi connectivity index (χ4n) is 1.97. The van der Waals surface area contributed by atoms with Crippen LogP contribution in [0.25, 0.3) is 0 Å². The predicted octanol–water partition coefficient (Wildman–Crippen LogP) is 3.24. The zero-order valence-electron chi connectivity index (χ0n) is 9.77. The molecule has 1 aliphatic rings. The zero-order valence-corrected chi connectivity index (χ0v) is 9.77. The van der Waals surface area contributed by atoms with Gasteiger partial charge >= 0.3 is 0 Å². The molecule has 1 aliphatic carbocycles. The molecule has 1 aromatic carbocycles. The van der Waals surface area contributed by atoms with Crippen molar-refractivity contribution < 1.29 is 13.2 Å². The summed E-state index contributed by atoms with van der Waals surface area (Å²) in [6.07, 6.45) is 2.53. The van der Waals surface area contributed by atoms with Crippen LogP contribution in [-0.2, 0) is 6.54 Å². The van der Waals surface area contributed by atoms with Crippen LogP contribution in [-0.4, -0.2) is 6.54 Å². The molecule has 1 nitrogen and oxygen atoms in total. The molecule has 0 bridgehead atoms. The standard InChI is InChI=1S/C13H16F3N/c1-8(9-2-3-9)6-17-7-10-4-12(15)13(16)5-11(10)14/h4-5,8-9,17H,2-3,6-7H2,1H3. The minimum Gasteiger partial charge on any atom is -0.312 e. The highest BCUT2D eigenvalue weighted by molar-refractivity contribution is 5.19. The largest absolute Gasteiger partial charge is 0.312 e. The molecule has 1 unspecified atom stereocenters. The molecule has 0 aliphatic heterocycles. The summed E-state index contributed by atoms with van der Waals surface area (Å²) in [6, 6.07) is 1.51. The van der Waals surface area contributed by atoms with Gasteiger partial charge in [-0.1, -0.05) is 6.92 Å². The molecule has 1 N–H and O–H groups in total. The molecule has 17 heavy (non-hydrogen) atoms. The molecule has 1 atom stereocenters. The maximum Gasteiger partial charge on any atom is 0.161 e. The average molecular weight is 243 g/mol. The van der Waals surface area contributed by atoms with E-state index < -0.39 is 17.5 Å².